The molecule has 0 N–H and O–H groups in total. The van der Waals surface area contributed by atoms with E-state index in [1.54, 1.807) is 0 Å². The second-order valence-corrected chi connectivity index (χ2v) is 4.40. The summed E-state index contributed by atoms with van der Waals surface area (Å²) in [4.78, 5) is 15.7. The lowest BCUT2D eigenvalue weighted by atomic mass is 9.94. The van der Waals surface area contributed by atoms with Crippen LogP contribution in [0.2, 0.25) is 0 Å². The van der Waals surface area contributed by atoms with Crippen molar-refractivity contribution in [1.29, 1.82) is 0 Å². The van der Waals surface area contributed by atoms with Crippen molar-refractivity contribution in [3.05, 3.63) is 42.1 Å². The number of carbonyl (C=O) groups is 1. The van der Waals surface area contributed by atoms with Gasteiger partial charge in [-0.15, -0.1) is 0 Å². The Balaban J connectivity index is 2.13. The van der Waals surface area contributed by atoms with Crippen LogP contribution >= 0.6 is 0 Å². The number of nitrogens with zero attached hydrogens (tertiary/aromatic N) is 1. The van der Waals surface area contributed by atoms with Crippen LogP contribution in [0.1, 0.15) is 30.7 Å². The third kappa shape index (κ3) is 1.51. The molecule has 2 nitrogen and oxygen atoms in total. The van der Waals surface area contributed by atoms with Gasteiger partial charge in [0.2, 0.25) is 0 Å². The van der Waals surface area contributed by atoms with E-state index in [4.69, 9.17) is 0 Å². The minimum Gasteiger partial charge on any atom is -0.300 e. The van der Waals surface area contributed by atoms with Crippen LogP contribution in [0.4, 0.5) is 0 Å². The first-order valence-corrected chi connectivity index (χ1v) is 5.70. The summed E-state index contributed by atoms with van der Waals surface area (Å²) in [5.41, 5.74) is 2.32. The van der Waals surface area contributed by atoms with Gasteiger partial charge < -0.3 is 0 Å². The smallest absolute Gasteiger partial charge is 0.133 e. The van der Waals surface area contributed by atoms with Gasteiger partial charge in [0.25, 0.3) is 0 Å². The molecular weight excluding hydrogens is 198 g/mol. The minimum absolute atomic E-state index is 0.394. The molecule has 1 aromatic heterocycles. The van der Waals surface area contributed by atoms with E-state index in [1.165, 1.54) is 10.9 Å². The van der Waals surface area contributed by atoms with E-state index in [2.05, 4.69) is 17.1 Å². The number of ketones is 1. The first-order chi connectivity index (χ1) is 7.84. The van der Waals surface area contributed by atoms with Gasteiger partial charge in [0.1, 0.15) is 5.78 Å². The van der Waals surface area contributed by atoms with Crippen molar-refractivity contribution in [2.24, 2.45) is 0 Å². The number of carbonyl (C=O) groups excluding carboxylic acids is 1. The summed E-state index contributed by atoms with van der Waals surface area (Å²) in [6, 6.07) is 10.2. The SMILES string of the molecule is O=C1CCC(c2cccc3ncccc23)C1. The topological polar surface area (TPSA) is 30.0 Å². The Kier molecular flexibility index (Phi) is 2.21. The molecule has 1 aromatic carbocycles. The Morgan fingerprint density at radius 2 is 2.12 bits per heavy atom. The molecule has 16 heavy (non-hydrogen) atoms. The summed E-state index contributed by atoms with van der Waals surface area (Å²) < 4.78 is 0. The molecule has 2 heteroatoms. The molecule has 1 atom stereocenters. The maximum atomic E-state index is 11.3. The van der Waals surface area contributed by atoms with E-state index in [9.17, 15) is 4.79 Å². The third-order valence-electron chi connectivity index (χ3n) is 3.36. The monoisotopic (exact) mass is 211 g/mol. The number of hydrogen-bond acceptors (Lipinski definition) is 2. The van der Waals surface area contributed by atoms with Gasteiger partial charge in [0.05, 0.1) is 5.52 Å². The van der Waals surface area contributed by atoms with Crippen LogP contribution in [0.15, 0.2) is 36.5 Å². The lowest BCUT2D eigenvalue weighted by molar-refractivity contribution is -0.117. The molecular formula is C14H13NO. The number of hydrogen-bond donors (Lipinski definition) is 0. The van der Waals surface area contributed by atoms with Crippen LogP contribution in [0.3, 0.4) is 0 Å². The first-order valence-electron chi connectivity index (χ1n) is 5.70. The summed E-state index contributed by atoms with van der Waals surface area (Å²) in [5.74, 6) is 0.797. The van der Waals surface area contributed by atoms with Crippen LogP contribution in [0.5, 0.6) is 0 Å². The Morgan fingerprint density at radius 3 is 2.94 bits per heavy atom. The summed E-state index contributed by atoms with van der Waals surface area (Å²) in [5, 5.41) is 1.20. The van der Waals surface area contributed by atoms with Gasteiger partial charge in [-0.2, -0.15) is 0 Å². The summed E-state index contributed by atoms with van der Waals surface area (Å²) >= 11 is 0. The Hall–Kier alpha value is -1.70. The molecule has 3 rings (SSSR count). The Labute approximate surface area is 94.3 Å². The van der Waals surface area contributed by atoms with Gasteiger partial charge in [0, 0.05) is 24.4 Å². The maximum Gasteiger partial charge on any atom is 0.133 e. The average Bonchev–Trinajstić information content (AvgIpc) is 2.75. The fraction of sp³-hybridized carbons (Fsp3) is 0.286. The van der Waals surface area contributed by atoms with Crippen LogP contribution in [-0.2, 0) is 4.79 Å². The summed E-state index contributed by atoms with van der Waals surface area (Å²) in [6.07, 6.45) is 4.24. The number of Topliss-reactive ketones (excluding diaryl/α,β-unsaturated/α-hetero) is 1. The van der Waals surface area contributed by atoms with Crippen LogP contribution in [-0.4, -0.2) is 10.8 Å². The summed E-state index contributed by atoms with van der Waals surface area (Å²) in [7, 11) is 0. The van der Waals surface area contributed by atoms with E-state index in [0.29, 0.717) is 18.1 Å². The van der Waals surface area contributed by atoms with Crippen molar-refractivity contribution in [1.82, 2.24) is 4.98 Å². The highest BCUT2D eigenvalue weighted by molar-refractivity contribution is 5.86. The predicted octanol–water partition coefficient (Wildman–Crippen LogP) is 3.07. The third-order valence-corrected chi connectivity index (χ3v) is 3.36. The van der Waals surface area contributed by atoms with Gasteiger partial charge in [0.15, 0.2) is 0 Å². The highest BCUT2D eigenvalue weighted by Crippen LogP contribution is 2.35. The zero-order valence-corrected chi connectivity index (χ0v) is 9.02. The lowest BCUT2D eigenvalue weighted by Gasteiger charge is -2.11. The van der Waals surface area contributed by atoms with Gasteiger partial charge in [-0.3, -0.25) is 9.78 Å². The lowest BCUT2D eigenvalue weighted by Crippen LogP contribution is -1.95. The van der Waals surface area contributed by atoms with Crippen LogP contribution < -0.4 is 0 Å². The predicted molar refractivity (Wildman–Crippen MR) is 63.3 cm³/mol. The van der Waals surface area contributed by atoms with Crippen molar-refractivity contribution in [2.45, 2.75) is 25.2 Å². The quantitative estimate of drug-likeness (QED) is 0.725. The van der Waals surface area contributed by atoms with Crippen molar-refractivity contribution in [3.8, 4) is 0 Å². The van der Waals surface area contributed by atoms with Crippen molar-refractivity contribution in [3.63, 3.8) is 0 Å². The molecule has 0 aliphatic heterocycles. The zero-order valence-electron chi connectivity index (χ0n) is 9.02. The molecule has 0 bridgehead atoms. The van der Waals surface area contributed by atoms with Crippen molar-refractivity contribution < 1.29 is 4.79 Å². The molecule has 0 spiro atoms. The minimum atomic E-state index is 0.394. The van der Waals surface area contributed by atoms with Crippen molar-refractivity contribution in [2.75, 3.05) is 0 Å². The number of pyridine rings is 1. The van der Waals surface area contributed by atoms with E-state index < -0.39 is 0 Å². The van der Waals surface area contributed by atoms with Gasteiger partial charge in [-0.25, -0.2) is 0 Å². The first kappa shape index (κ1) is 9.52. The molecule has 1 unspecified atom stereocenters. The molecule has 1 saturated carbocycles. The standard InChI is InChI=1S/C14H13NO/c16-11-7-6-10(9-11)12-3-1-5-14-13(12)4-2-8-15-14/h1-5,8,10H,6-7,9H2. The second kappa shape index (κ2) is 3.71. The Bertz CT molecular complexity index is 542. The van der Waals surface area contributed by atoms with E-state index >= 15 is 0 Å². The Morgan fingerprint density at radius 1 is 1.19 bits per heavy atom. The molecule has 2 aromatic rings. The van der Waals surface area contributed by atoms with E-state index in [0.717, 1.165) is 18.4 Å². The van der Waals surface area contributed by atoms with Crippen molar-refractivity contribution >= 4 is 16.7 Å². The fourth-order valence-corrected chi connectivity index (χ4v) is 2.56. The van der Waals surface area contributed by atoms with Crippen LogP contribution in [0.25, 0.3) is 10.9 Å². The second-order valence-electron chi connectivity index (χ2n) is 4.40. The van der Waals surface area contributed by atoms with E-state index in [-0.39, 0.29) is 0 Å². The highest BCUT2D eigenvalue weighted by Gasteiger charge is 2.24. The normalized spacial score (nSPS) is 20.5. The maximum absolute atomic E-state index is 11.3. The van der Waals surface area contributed by atoms with Gasteiger partial charge >= 0.3 is 0 Å². The average molecular weight is 211 g/mol. The molecule has 1 fully saturated rings. The summed E-state index contributed by atoms with van der Waals surface area (Å²) in [6.45, 7) is 0. The molecule has 0 saturated heterocycles. The van der Waals surface area contributed by atoms with E-state index in [1.807, 2.05) is 24.4 Å². The molecule has 0 radical (unpaired) electrons. The number of fused-ring (bicyclic) bond motifs is 1. The molecule has 1 heterocycles. The largest absolute Gasteiger partial charge is 0.300 e. The number of rotatable bonds is 1. The molecule has 1 aliphatic rings. The highest BCUT2D eigenvalue weighted by atomic mass is 16.1. The van der Waals surface area contributed by atoms with Gasteiger partial charge in [-0.05, 0) is 30.0 Å². The molecule has 80 valence electrons. The fourth-order valence-electron chi connectivity index (χ4n) is 2.56. The molecule has 1 aliphatic carbocycles. The molecule has 0 amide bonds. The van der Waals surface area contributed by atoms with Crippen LogP contribution in [0, 0.1) is 0 Å². The van der Waals surface area contributed by atoms with Gasteiger partial charge in [-0.1, -0.05) is 18.2 Å². The zero-order chi connectivity index (χ0) is 11.0. The number of aromatic nitrogens is 1. The number of benzene rings is 1.